The Morgan fingerprint density at radius 3 is 2.06 bits per heavy atom. The third kappa shape index (κ3) is 4.94. The van der Waals surface area contributed by atoms with E-state index in [2.05, 4.69) is 29.6 Å². The number of amides is 1. The van der Waals surface area contributed by atoms with Crippen LogP contribution in [0.3, 0.4) is 0 Å². The van der Waals surface area contributed by atoms with E-state index in [-0.39, 0.29) is 18.9 Å². The number of aliphatic carboxylic acids is 1. The smallest absolute Gasteiger partial charge is 0.407 e. The summed E-state index contributed by atoms with van der Waals surface area (Å²) in [4.78, 5) is 23.8. The summed E-state index contributed by atoms with van der Waals surface area (Å²) < 4.78 is 5.56. The molecule has 4 rings (SSSR count). The second kappa shape index (κ2) is 9.47. The van der Waals surface area contributed by atoms with Gasteiger partial charge in [-0.1, -0.05) is 78.9 Å². The Morgan fingerprint density at radius 1 is 0.871 bits per heavy atom. The van der Waals surface area contributed by atoms with Gasteiger partial charge in [0.1, 0.15) is 6.61 Å². The number of carbonyl (C=O) groups is 2. The van der Waals surface area contributed by atoms with Crippen molar-refractivity contribution in [1.29, 1.82) is 0 Å². The summed E-state index contributed by atoms with van der Waals surface area (Å²) in [7, 11) is 0. The van der Waals surface area contributed by atoms with E-state index in [1.54, 1.807) is 0 Å². The number of hydrogen-bond acceptors (Lipinski definition) is 3. The molecule has 0 heterocycles. The third-order valence-electron chi connectivity index (χ3n) is 5.71. The van der Waals surface area contributed by atoms with Gasteiger partial charge < -0.3 is 15.2 Å². The van der Waals surface area contributed by atoms with Gasteiger partial charge in [-0.2, -0.15) is 0 Å². The lowest BCUT2D eigenvalue weighted by Gasteiger charge is -2.19. The highest BCUT2D eigenvalue weighted by atomic mass is 16.5. The molecule has 3 aromatic rings. The van der Waals surface area contributed by atoms with Gasteiger partial charge in [0.05, 0.1) is 6.42 Å². The number of carboxylic acid groups (broad SMARTS) is 1. The van der Waals surface area contributed by atoms with Crippen LogP contribution in [0.2, 0.25) is 0 Å². The van der Waals surface area contributed by atoms with Crippen molar-refractivity contribution < 1.29 is 19.4 Å². The van der Waals surface area contributed by atoms with E-state index >= 15 is 0 Å². The molecular weight excluding hydrogens is 390 g/mol. The maximum absolute atomic E-state index is 12.5. The Bertz CT molecular complexity index is 1020. The van der Waals surface area contributed by atoms with Gasteiger partial charge in [0, 0.05) is 12.0 Å². The second-order valence-electron chi connectivity index (χ2n) is 7.79. The molecule has 31 heavy (non-hydrogen) atoms. The number of nitrogens with one attached hydrogen (secondary N) is 1. The molecule has 5 heteroatoms. The van der Waals surface area contributed by atoms with E-state index in [1.807, 2.05) is 54.6 Å². The summed E-state index contributed by atoms with van der Waals surface area (Å²) in [5, 5.41) is 12.0. The highest BCUT2D eigenvalue weighted by molar-refractivity contribution is 5.79. The van der Waals surface area contributed by atoms with Gasteiger partial charge in [0.25, 0.3) is 0 Å². The Kier molecular flexibility index (Phi) is 6.32. The molecule has 0 aromatic heterocycles. The standard InChI is InChI=1S/C26H25NO4/c28-25(29)16-19(15-14-18-8-2-1-3-9-18)27-26(30)31-17-24-22-12-6-4-10-20(22)21-11-5-7-13-23(21)24/h1-13,19,24H,14-17H2,(H,27,30)(H,28,29). The van der Waals surface area contributed by atoms with E-state index in [1.165, 1.54) is 11.1 Å². The summed E-state index contributed by atoms with van der Waals surface area (Å²) in [5.41, 5.74) is 5.72. The maximum Gasteiger partial charge on any atom is 0.407 e. The minimum atomic E-state index is -0.947. The Hall–Kier alpha value is -3.60. The zero-order valence-electron chi connectivity index (χ0n) is 17.2. The van der Waals surface area contributed by atoms with Crippen molar-refractivity contribution in [2.24, 2.45) is 0 Å². The van der Waals surface area contributed by atoms with Crippen LogP contribution in [0.1, 0.15) is 35.4 Å². The predicted molar refractivity (Wildman–Crippen MR) is 119 cm³/mol. The van der Waals surface area contributed by atoms with Crippen LogP contribution in [0.5, 0.6) is 0 Å². The van der Waals surface area contributed by atoms with Crippen molar-refractivity contribution in [1.82, 2.24) is 5.32 Å². The molecule has 0 bridgehead atoms. The molecule has 158 valence electrons. The fourth-order valence-electron chi connectivity index (χ4n) is 4.23. The van der Waals surface area contributed by atoms with Crippen molar-refractivity contribution in [3.05, 3.63) is 95.6 Å². The average Bonchev–Trinajstić information content (AvgIpc) is 3.10. The first-order chi connectivity index (χ1) is 15.1. The van der Waals surface area contributed by atoms with Gasteiger partial charge in [-0.3, -0.25) is 4.79 Å². The van der Waals surface area contributed by atoms with Crippen LogP contribution in [-0.4, -0.2) is 29.8 Å². The molecule has 1 atom stereocenters. The van der Waals surface area contributed by atoms with Crippen LogP contribution in [0.4, 0.5) is 4.79 Å². The first kappa shape index (κ1) is 20.7. The fourth-order valence-corrected chi connectivity index (χ4v) is 4.23. The average molecular weight is 415 g/mol. The lowest BCUT2D eigenvalue weighted by molar-refractivity contribution is -0.137. The lowest BCUT2D eigenvalue weighted by atomic mass is 9.98. The molecule has 1 unspecified atom stereocenters. The molecule has 1 aliphatic carbocycles. The van der Waals surface area contributed by atoms with E-state index in [9.17, 15) is 14.7 Å². The minimum Gasteiger partial charge on any atom is -0.481 e. The fraction of sp³-hybridized carbons (Fsp3) is 0.231. The summed E-state index contributed by atoms with van der Waals surface area (Å²) in [6, 6.07) is 25.6. The molecule has 5 nitrogen and oxygen atoms in total. The number of benzene rings is 3. The van der Waals surface area contributed by atoms with Gasteiger partial charge in [0.15, 0.2) is 0 Å². The highest BCUT2D eigenvalue weighted by Gasteiger charge is 2.29. The maximum atomic E-state index is 12.5. The van der Waals surface area contributed by atoms with Gasteiger partial charge >= 0.3 is 12.1 Å². The molecule has 0 saturated heterocycles. The molecule has 1 aliphatic rings. The number of carboxylic acids is 1. The summed E-state index contributed by atoms with van der Waals surface area (Å²) in [6.07, 6.45) is 0.487. The molecule has 1 amide bonds. The Labute approximate surface area is 181 Å². The lowest BCUT2D eigenvalue weighted by Crippen LogP contribution is -2.37. The van der Waals surface area contributed by atoms with Crippen LogP contribution < -0.4 is 5.32 Å². The number of rotatable bonds is 8. The third-order valence-corrected chi connectivity index (χ3v) is 5.71. The first-order valence-electron chi connectivity index (χ1n) is 10.5. The molecule has 0 radical (unpaired) electrons. The molecule has 0 spiro atoms. The summed E-state index contributed by atoms with van der Waals surface area (Å²) in [5.74, 6) is -0.975. The normalized spacial score (nSPS) is 13.2. The van der Waals surface area contributed by atoms with Crippen molar-refractivity contribution in [3.8, 4) is 11.1 Å². The topological polar surface area (TPSA) is 75.6 Å². The number of hydrogen-bond donors (Lipinski definition) is 2. The number of ether oxygens (including phenoxy) is 1. The molecule has 2 N–H and O–H groups in total. The van der Waals surface area contributed by atoms with Crippen LogP contribution in [0.25, 0.3) is 11.1 Å². The quantitative estimate of drug-likeness (QED) is 0.543. The molecular formula is C26H25NO4. The van der Waals surface area contributed by atoms with Crippen LogP contribution in [0.15, 0.2) is 78.9 Å². The minimum absolute atomic E-state index is 0.0274. The Morgan fingerprint density at radius 2 is 1.45 bits per heavy atom. The number of carbonyl (C=O) groups excluding carboxylic acids is 1. The molecule has 0 saturated carbocycles. The zero-order chi connectivity index (χ0) is 21.6. The van der Waals surface area contributed by atoms with Gasteiger partial charge in [-0.05, 0) is 40.7 Å². The van der Waals surface area contributed by atoms with E-state index in [4.69, 9.17) is 4.74 Å². The van der Waals surface area contributed by atoms with Crippen molar-refractivity contribution in [2.75, 3.05) is 6.61 Å². The molecule has 0 fully saturated rings. The van der Waals surface area contributed by atoms with E-state index in [0.717, 1.165) is 16.7 Å². The number of alkyl carbamates (subject to hydrolysis) is 1. The van der Waals surface area contributed by atoms with Gasteiger partial charge in [0.2, 0.25) is 0 Å². The summed E-state index contributed by atoms with van der Waals surface area (Å²) in [6.45, 7) is 0.207. The van der Waals surface area contributed by atoms with E-state index < -0.39 is 18.1 Å². The van der Waals surface area contributed by atoms with Crippen molar-refractivity contribution in [2.45, 2.75) is 31.2 Å². The highest BCUT2D eigenvalue weighted by Crippen LogP contribution is 2.44. The largest absolute Gasteiger partial charge is 0.481 e. The van der Waals surface area contributed by atoms with Crippen LogP contribution in [0, 0.1) is 0 Å². The van der Waals surface area contributed by atoms with Crippen LogP contribution >= 0.6 is 0 Å². The SMILES string of the molecule is O=C(O)CC(CCc1ccccc1)NC(=O)OCC1c2ccccc2-c2ccccc21. The molecule has 3 aromatic carbocycles. The predicted octanol–water partition coefficient (Wildman–Crippen LogP) is 5.00. The zero-order valence-corrected chi connectivity index (χ0v) is 17.2. The van der Waals surface area contributed by atoms with Crippen LogP contribution in [-0.2, 0) is 16.0 Å². The van der Waals surface area contributed by atoms with Crippen molar-refractivity contribution >= 4 is 12.1 Å². The summed E-state index contributed by atoms with van der Waals surface area (Å²) >= 11 is 0. The van der Waals surface area contributed by atoms with Gasteiger partial charge in [-0.15, -0.1) is 0 Å². The molecule has 0 aliphatic heterocycles. The monoisotopic (exact) mass is 415 g/mol. The number of aryl methyl sites for hydroxylation is 1. The van der Waals surface area contributed by atoms with Gasteiger partial charge in [-0.25, -0.2) is 4.79 Å². The number of fused-ring (bicyclic) bond motifs is 3. The van der Waals surface area contributed by atoms with E-state index in [0.29, 0.717) is 12.8 Å². The Balaban J connectivity index is 1.38. The van der Waals surface area contributed by atoms with Crippen molar-refractivity contribution in [3.63, 3.8) is 0 Å². The second-order valence-corrected chi connectivity index (χ2v) is 7.79. The first-order valence-corrected chi connectivity index (χ1v) is 10.5.